The Kier molecular flexibility index (Phi) is 6.57. The molecule has 5 nitrogen and oxygen atoms in total. The number of nitrogens with zero attached hydrogens (tertiary/aromatic N) is 2. The van der Waals surface area contributed by atoms with Crippen molar-refractivity contribution in [2.45, 2.75) is 26.1 Å². The van der Waals surface area contributed by atoms with Crippen LogP contribution in [0.25, 0.3) is 10.9 Å². The molecule has 0 saturated heterocycles. The fourth-order valence-electron chi connectivity index (χ4n) is 3.72. The third-order valence-corrected chi connectivity index (χ3v) is 6.42. The lowest BCUT2D eigenvalue weighted by Gasteiger charge is -2.13. The van der Waals surface area contributed by atoms with E-state index in [0.29, 0.717) is 27.7 Å². The fourth-order valence-corrected chi connectivity index (χ4v) is 4.65. The van der Waals surface area contributed by atoms with Crippen molar-refractivity contribution in [2.24, 2.45) is 5.16 Å². The van der Waals surface area contributed by atoms with Crippen LogP contribution in [0.5, 0.6) is 0 Å². The van der Waals surface area contributed by atoms with E-state index in [0.717, 1.165) is 18.4 Å². The van der Waals surface area contributed by atoms with Crippen LogP contribution >= 0.6 is 11.6 Å². The molecule has 3 aromatic rings. The summed E-state index contributed by atoms with van der Waals surface area (Å²) < 4.78 is 79.2. The summed E-state index contributed by atoms with van der Waals surface area (Å²) in [4.78, 5) is 0. The van der Waals surface area contributed by atoms with Crippen molar-refractivity contribution in [3.8, 4) is 0 Å². The number of oxime groups is 1. The Bertz CT molecular complexity index is 1310. The largest absolute Gasteiger partial charge is 0.419 e. The summed E-state index contributed by atoms with van der Waals surface area (Å²) in [6.45, 7) is 1.84. The molecule has 1 aromatic heterocycles. The third kappa shape index (κ3) is 4.61. The van der Waals surface area contributed by atoms with Crippen LogP contribution in [0, 0.1) is 12.7 Å². The highest BCUT2D eigenvalue weighted by atomic mass is 35.5. The zero-order chi connectivity index (χ0) is 23.8. The van der Waals surface area contributed by atoms with Crippen molar-refractivity contribution in [1.29, 1.82) is 0 Å². The topological polar surface area (TPSA) is 71.7 Å². The van der Waals surface area contributed by atoms with Crippen LogP contribution in [-0.2, 0) is 22.6 Å². The van der Waals surface area contributed by atoms with Gasteiger partial charge in [0.2, 0.25) is 0 Å². The average Bonchev–Trinajstić information content (AvgIpc) is 2.95. The number of benzene rings is 2. The maximum Gasteiger partial charge on any atom is 0.419 e. The number of sulfone groups is 1. The van der Waals surface area contributed by atoms with Crippen molar-refractivity contribution in [1.82, 2.24) is 4.57 Å². The summed E-state index contributed by atoms with van der Waals surface area (Å²) in [5, 5.41) is 13.6. The zero-order valence-corrected chi connectivity index (χ0v) is 18.6. The first-order valence-electron chi connectivity index (χ1n) is 9.40. The standard InChI is InChI=1S/C21H19ClF4N2O3S/c1-12-17(19(27-29)14-7-3-8-15(18(14)23)21(24,25)26)13-6-4-9-16(22)20(13)28(12)10-5-11-32(2,30)31/h3-4,6-9,29H,5,10-11H2,1-2H3/b27-19-. The lowest BCUT2D eigenvalue weighted by atomic mass is 9.97. The van der Waals surface area contributed by atoms with Crippen molar-refractivity contribution in [3.05, 3.63) is 69.6 Å². The lowest BCUT2D eigenvalue weighted by Crippen LogP contribution is -2.15. The maximum absolute atomic E-state index is 14.8. The summed E-state index contributed by atoms with van der Waals surface area (Å²) in [7, 11) is -3.22. The van der Waals surface area contributed by atoms with Crippen LogP contribution in [0.15, 0.2) is 41.6 Å². The molecule has 0 spiro atoms. The molecule has 3 rings (SSSR count). The molecule has 0 amide bonds. The molecule has 0 radical (unpaired) electrons. The van der Waals surface area contributed by atoms with E-state index in [9.17, 15) is 31.2 Å². The number of hydrogen-bond donors (Lipinski definition) is 1. The number of rotatable bonds is 6. The van der Waals surface area contributed by atoms with Crippen LogP contribution in [0.3, 0.4) is 0 Å². The monoisotopic (exact) mass is 490 g/mol. The molecule has 11 heteroatoms. The number of fused-ring (bicyclic) bond motifs is 1. The molecule has 2 aromatic carbocycles. The highest BCUT2D eigenvalue weighted by Crippen LogP contribution is 2.36. The van der Waals surface area contributed by atoms with Crippen molar-refractivity contribution >= 4 is 38.1 Å². The van der Waals surface area contributed by atoms with E-state index in [1.54, 1.807) is 29.7 Å². The van der Waals surface area contributed by atoms with Gasteiger partial charge in [0, 0.05) is 35.0 Å². The van der Waals surface area contributed by atoms with Gasteiger partial charge < -0.3 is 9.77 Å². The first-order chi connectivity index (χ1) is 14.9. The number of alkyl halides is 3. The predicted molar refractivity (Wildman–Crippen MR) is 115 cm³/mol. The molecular weight excluding hydrogens is 472 g/mol. The predicted octanol–water partition coefficient (Wildman–Crippen LogP) is 5.42. The van der Waals surface area contributed by atoms with E-state index in [1.165, 1.54) is 0 Å². The first-order valence-corrected chi connectivity index (χ1v) is 11.8. The van der Waals surface area contributed by atoms with E-state index < -0.39 is 33.0 Å². The van der Waals surface area contributed by atoms with Gasteiger partial charge in [0.25, 0.3) is 0 Å². The molecular formula is C21H19ClF4N2O3S. The van der Waals surface area contributed by atoms with E-state index in [-0.39, 0.29) is 30.0 Å². The SMILES string of the molecule is Cc1c(/C(=N\O)c2cccc(C(F)(F)F)c2F)c2cccc(Cl)c2n1CCCS(C)(=O)=O. The van der Waals surface area contributed by atoms with Crippen LogP contribution in [0.1, 0.15) is 28.8 Å². The summed E-state index contributed by atoms with van der Waals surface area (Å²) >= 11 is 6.36. The van der Waals surface area contributed by atoms with E-state index in [2.05, 4.69) is 5.16 Å². The highest BCUT2D eigenvalue weighted by Gasteiger charge is 2.36. The van der Waals surface area contributed by atoms with Crippen LogP contribution < -0.4 is 0 Å². The second kappa shape index (κ2) is 8.74. The number of hydrogen-bond acceptors (Lipinski definition) is 4. The van der Waals surface area contributed by atoms with Gasteiger partial charge in [-0.05, 0) is 31.5 Å². The Labute approximate surface area is 186 Å². The number of aryl methyl sites for hydroxylation is 1. The third-order valence-electron chi connectivity index (χ3n) is 5.09. The second-order valence-corrected chi connectivity index (χ2v) is 10.0. The summed E-state index contributed by atoms with van der Waals surface area (Å²) in [6, 6.07) is 7.54. The molecule has 0 aliphatic rings. The van der Waals surface area contributed by atoms with Gasteiger partial charge in [-0.2, -0.15) is 13.2 Å². The molecule has 0 aliphatic heterocycles. The number of halogens is 5. The molecule has 172 valence electrons. The molecule has 0 aliphatic carbocycles. The second-order valence-electron chi connectivity index (χ2n) is 7.34. The number of aromatic nitrogens is 1. The van der Waals surface area contributed by atoms with E-state index >= 15 is 0 Å². The fraction of sp³-hybridized carbons (Fsp3) is 0.286. The summed E-state index contributed by atoms with van der Waals surface area (Å²) in [5.41, 5.74) is -1.29. The first kappa shape index (κ1) is 24.1. The molecule has 32 heavy (non-hydrogen) atoms. The van der Waals surface area contributed by atoms with Gasteiger partial charge in [-0.15, -0.1) is 0 Å². The van der Waals surface area contributed by atoms with E-state index in [1.807, 2.05) is 0 Å². The van der Waals surface area contributed by atoms with Gasteiger partial charge in [-0.3, -0.25) is 0 Å². The van der Waals surface area contributed by atoms with E-state index in [4.69, 9.17) is 11.6 Å². The Balaban J connectivity index is 2.23. The van der Waals surface area contributed by atoms with Gasteiger partial charge in [0.1, 0.15) is 21.4 Å². The van der Waals surface area contributed by atoms with Crippen molar-refractivity contribution in [3.63, 3.8) is 0 Å². The van der Waals surface area contributed by atoms with Crippen LogP contribution in [0.2, 0.25) is 5.02 Å². The number of para-hydroxylation sites is 1. The smallest absolute Gasteiger partial charge is 0.410 e. The van der Waals surface area contributed by atoms with Gasteiger partial charge in [-0.25, -0.2) is 12.8 Å². The van der Waals surface area contributed by atoms with Crippen molar-refractivity contribution in [2.75, 3.05) is 12.0 Å². The Morgan fingerprint density at radius 3 is 2.44 bits per heavy atom. The van der Waals surface area contributed by atoms with Gasteiger partial charge in [0.05, 0.1) is 21.9 Å². The zero-order valence-electron chi connectivity index (χ0n) is 17.0. The molecule has 0 bridgehead atoms. The molecule has 1 N–H and O–H groups in total. The lowest BCUT2D eigenvalue weighted by molar-refractivity contribution is -0.140. The van der Waals surface area contributed by atoms with Gasteiger partial charge >= 0.3 is 6.18 Å². The average molecular weight is 491 g/mol. The Hall–Kier alpha value is -2.59. The minimum Gasteiger partial charge on any atom is -0.410 e. The Morgan fingerprint density at radius 2 is 1.84 bits per heavy atom. The van der Waals surface area contributed by atoms with Crippen LogP contribution in [0.4, 0.5) is 17.6 Å². The molecule has 0 atom stereocenters. The summed E-state index contributed by atoms with van der Waals surface area (Å²) in [6.07, 6.45) is -3.57. The van der Waals surface area contributed by atoms with Crippen molar-refractivity contribution < 1.29 is 31.2 Å². The van der Waals surface area contributed by atoms with Gasteiger partial charge in [-0.1, -0.05) is 35.0 Å². The maximum atomic E-state index is 14.8. The van der Waals surface area contributed by atoms with Gasteiger partial charge in [0.15, 0.2) is 0 Å². The Morgan fingerprint density at radius 1 is 1.19 bits per heavy atom. The summed E-state index contributed by atoms with van der Waals surface area (Å²) in [5.74, 6) is -1.65. The quantitative estimate of drug-likeness (QED) is 0.217. The normalized spacial score (nSPS) is 13.2. The molecule has 1 heterocycles. The minimum absolute atomic E-state index is 0.0882. The molecule has 0 fully saturated rings. The molecule has 0 unspecified atom stereocenters. The highest BCUT2D eigenvalue weighted by molar-refractivity contribution is 7.90. The minimum atomic E-state index is -4.93. The molecule has 0 saturated carbocycles. The van der Waals surface area contributed by atoms with Crippen LogP contribution in [-0.4, -0.2) is 35.9 Å².